The predicted molar refractivity (Wildman–Crippen MR) is 91.5 cm³/mol. The third-order valence-electron chi connectivity index (χ3n) is 3.91. The summed E-state index contributed by atoms with van der Waals surface area (Å²) in [6.45, 7) is 1.43. The number of benzene rings is 2. The van der Waals surface area contributed by atoms with Crippen LogP contribution in [0.25, 0.3) is 11.4 Å². The lowest BCUT2D eigenvalue weighted by molar-refractivity contribution is -0.137. The highest BCUT2D eigenvalue weighted by Crippen LogP contribution is 2.32. The number of nitrogens with zero attached hydrogens (tertiary/aromatic N) is 2. The van der Waals surface area contributed by atoms with Crippen molar-refractivity contribution in [1.29, 1.82) is 0 Å². The fraction of sp³-hybridized carbons (Fsp3) is 0.211. The first kappa shape index (κ1) is 20.3. The molecule has 0 fully saturated rings. The van der Waals surface area contributed by atoms with Gasteiger partial charge in [0, 0.05) is 5.56 Å². The number of methoxy groups -OCH3 is 1. The molecular formula is C19H14F4N2O4. The van der Waals surface area contributed by atoms with Crippen molar-refractivity contribution in [2.24, 2.45) is 0 Å². The lowest BCUT2D eigenvalue weighted by Crippen LogP contribution is -2.10. The Morgan fingerprint density at radius 1 is 1.17 bits per heavy atom. The van der Waals surface area contributed by atoms with Crippen molar-refractivity contribution < 1.29 is 36.4 Å². The van der Waals surface area contributed by atoms with E-state index in [2.05, 4.69) is 10.1 Å². The lowest BCUT2D eigenvalue weighted by Gasteiger charge is -2.10. The maximum absolute atomic E-state index is 13.7. The second-order valence-corrected chi connectivity index (χ2v) is 5.93. The molecule has 0 saturated heterocycles. The van der Waals surface area contributed by atoms with Gasteiger partial charge in [-0.1, -0.05) is 17.3 Å². The Morgan fingerprint density at radius 3 is 2.59 bits per heavy atom. The maximum Gasteiger partial charge on any atom is 0.416 e. The van der Waals surface area contributed by atoms with Gasteiger partial charge in [0.1, 0.15) is 0 Å². The van der Waals surface area contributed by atoms with Crippen LogP contribution in [0.5, 0.6) is 5.75 Å². The Hall–Kier alpha value is -3.43. The Kier molecular flexibility index (Phi) is 5.53. The number of carbonyl (C=O) groups excluding carboxylic acids is 1. The van der Waals surface area contributed by atoms with Crippen molar-refractivity contribution >= 4 is 5.97 Å². The molecule has 3 rings (SSSR count). The van der Waals surface area contributed by atoms with Gasteiger partial charge in [0.15, 0.2) is 17.7 Å². The van der Waals surface area contributed by atoms with Crippen molar-refractivity contribution in [3.63, 3.8) is 0 Å². The molecule has 0 N–H and O–H groups in total. The van der Waals surface area contributed by atoms with Gasteiger partial charge in [-0.3, -0.25) is 0 Å². The van der Waals surface area contributed by atoms with E-state index in [9.17, 15) is 22.4 Å². The minimum atomic E-state index is -4.51. The number of aromatic nitrogens is 2. The van der Waals surface area contributed by atoms with Crippen molar-refractivity contribution in [2.75, 3.05) is 7.11 Å². The third kappa shape index (κ3) is 4.53. The van der Waals surface area contributed by atoms with Crippen LogP contribution in [-0.4, -0.2) is 23.2 Å². The van der Waals surface area contributed by atoms with E-state index in [-0.39, 0.29) is 28.6 Å². The van der Waals surface area contributed by atoms with E-state index >= 15 is 0 Å². The molecule has 0 spiro atoms. The van der Waals surface area contributed by atoms with Gasteiger partial charge >= 0.3 is 12.1 Å². The SMILES string of the molecule is COc1ccc(C(=O)OC(C)c2nc(-c3cccc(C(F)(F)F)c3)no2)cc1F. The molecule has 0 aliphatic rings. The molecule has 3 aromatic rings. The number of ether oxygens (including phenoxy) is 2. The van der Waals surface area contributed by atoms with Crippen LogP contribution in [0.15, 0.2) is 47.0 Å². The standard InChI is InChI=1S/C19H14F4N2O4/c1-10(28-18(26)12-6-7-15(27-2)14(20)9-12)17-24-16(25-29-17)11-4-3-5-13(8-11)19(21,22)23/h3-10H,1-2H3. The number of esters is 1. The highest BCUT2D eigenvalue weighted by atomic mass is 19.4. The van der Waals surface area contributed by atoms with E-state index in [1.165, 1.54) is 38.3 Å². The fourth-order valence-corrected chi connectivity index (χ4v) is 2.42. The number of alkyl halides is 3. The molecule has 2 aromatic carbocycles. The number of rotatable bonds is 5. The minimum absolute atomic E-state index is 0.0303. The summed E-state index contributed by atoms with van der Waals surface area (Å²) in [7, 11) is 1.29. The lowest BCUT2D eigenvalue weighted by atomic mass is 10.1. The average molecular weight is 410 g/mol. The van der Waals surface area contributed by atoms with Gasteiger partial charge in [-0.2, -0.15) is 18.2 Å². The summed E-state index contributed by atoms with van der Waals surface area (Å²) in [6, 6.07) is 7.95. The van der Waals surface area contributed by atoms with Crippen LogP contribution in [0.4, 0.5) is 17.6 Å². The van der Waals surface area contributed by atoms with Crippen molar-refractivity contribution in [1.82, 2.24) is 10.1 Å². The zero-order chi connectivity index (χ0) is 21.2. The van der Waals surface area contributed by atoms with E-state index in [4.69, 9.17) is 14.0 Å². The minimum Gasteiger partial charge on any atom is -0.494 e. The first-order valence-electron chi connectivity index (χ1n) is 8.25. The van der Waals surface area contributed by atoms with Crippen LogP contribution in [0.1, 0.15) is 34.8 Å². The molecule has 1 heterocycles. The van der Waals surface area contributed by atoms with Gasteiger partial charge in [-0.05, 0) is 37.3 Å². The molecule has 0 aliphatic carbocycles. The van der Waals surface area contributed by atoms with E-state index in [1.807, 2.05) is 0 Å². The van der Waals surface area contributed by atoms with Gasteiger partial charge in [0.05, 0.1) is 18.2 Å². The molecule has 0 radical (unpaired) electrons. The molecule has 1 aromatic heterocycles. The van der Waals surface area contributed by atoms with Crippen molar-refractivity contribution in [3.05, 3.63) is 65.3 Å². The summed E-state index contributed by atoms with van der Waals surface area (Å²) in [5.41, 5.74) is -0.833. The quantitative estimate of drug-likeness (QED) is 0.444. The zero-order valence-electron chi connectivity index (χ0n) is 15.2. The predicted octanol–water partition coefficient (Wildman–Crippen LogP) is 4.82. The Balaban J connectivity index is 1.75. The second-order valence-electron chi connectivity index (χ2n) is 5.93. The van der Waals surface area contributed by atoms with Crippen LogP contribution in [0.3, 0.4) is 0 Å². The number of hydrogen-bond donors (Lipinski definition) is 0. The van der Waals surface area contributed by atoms with Gasteiger partial charge in [-0.25, -0.2) is 9.18 Å². The normalized spacial score (nSPS) is 12.5. The summed E-state index contributed by atoms with van der Waals surface area (Å²) in [6.07, 6.45) is -5.53. The summed E-state index contributed by atoms with van der Waals surface area (Å²) in [5, 5.41) is 3.63. The first-order chi connectivity index (χ1) is 13.7. The van der Waals surface area contributed by atoms with Crippen molar-refractivity contribution in [3.8, 4) is 17.1 Å². The molecule has 1 atom stereocenters. The number of halogens is 4. The van der Waals surface area contributed by atoms with Crippen LogP contribution < -0.4 is 4.74 Å². The smallest absolute Gasteiger partial charge is 0.416 e. The largest absolute Gasteiger partial charge is 0.494 e. The number of hydrogen-bond acceptors (Lipinski definition) is 6. The molecule has 152 valence electrons. The van der Waals surface area contributed by atoms with Crippen molar-refractivity contribution in [2.45, 2.75) is 19.2 Å². The van der Waals surface area contributed by atoms with Gasteiger partial charge in [0.2, 0.25) is 5.82 Å². The van der Waals surface area contributed by atoms with Crippen LogP contribution in [0.2, 0.25) is 0 Å². The highest BCUT2D eigenvalue weighted by molar-refractivity contribution is 5.89. The van der Waals surface area contributed by atoms with Gasteiger partial charge in [-0.15, -0.1) is 0 Å². The maximum atomic E-state index is 13.7. The second kappa shape index (κ2) is 7.90. The fourth-order valence-electron chi connectivity index (χ4n) is 2.42. The summed E-state index contributed by atoms with van der Waals surface area (Å²) >= 11 is 0. The van der Waals surface area contributed by atoms with E-state index in [1.54, 1.807) is 0 Å². The summed E-state index contributed by atoms with van der Waals surface area (Å²) in [5.74, 6) is -1.83. The van der Waals surface area contributed by atoms with E-state index < -0.39 is 29.6 Å². The Morgan fingerprint density at radius 2 is 1.93 bits per heavy atom. The molecule has 1 unspecified atom stereocenters. The van der Waals surface area contributed by atoms with Gasteiger partial charge < -0.3 is 14.0 Å². The topological polar surface area (TPSA) is 74.5 Å². The molecular weight excluding hydrogens is 396 g/mol. The van der Waals surface area contributed by atoms with Crippen LogP contribution >= 0.6 is 0 Å². The zero-order valence-corrected chi connectivity index (χ0v) is 15.2. The Bertz CT molecular complexity index is 1030. The average Bonchev–Trinajstić information content (AvgIpc) is 3.17. The first-order valence-corrected chi connectivity index (χ1v) is 8.25. The van der Waals surface area contributed by atoms with E-state index in [0.29, 0.717) is 0 Å². The number of carbonyl (C=O) groups is 1. The summed E-state index contributed by atoms with van der Waals surface area (Å²) in [4.78, 5) is 16.1. The molecule has 29 heavy (non-hydrogen) atoms. The van der Waals surface area contributed by atoms with E-state index in [0.717, 1.165) is 18.2 Å². The van der Waals surface area contributed by atoms with Gasteiger partial charge in [0.25, 0.3) is 5.89 Å². The monoisotopic (exact) mass is 410 g/mol. The molecule has 6 nitrogen and oxygen atoms in total. The van der Waals surface area contributed by atoms with Crippen LogP contribution in [0, 0.1) is 5.82 Å². The molecule has 0 saturated carbocycles. The highest BCUT2D eigenvalue weighted by Gasteiger charge is 2.31. The summed E-state index contributed by atoms with van der Waals surface area (Å²) < 4.78 is 67.2. The Labute approximate surface area is 162 Å². The van der Waals surface area contributed by atoms with Crippen LogP contribution in [-0.2, 0) is 10.9 Å². The molecule has 10 heteroatoms. The molecule has 0 amide bonds. The molecule has 0 bridgehead atoms. The third-order valence-corrected chi connectivity index (χ3v) is 3.91. The molecule has 0 aliphatic heterocycles.